The smallest absolute Gasteiger partial charge is 0.573 e. The van der Waals surface area contributed by atoms with E-state index in [1.54, 1.807) is 0 Å². The molecule has 3 nitrogen and oxygen atoms in total. The number of alkyl halides is 3. The van der Waals surface area contributed by atoms with Gasteiger partial charge in [0.05, 0.1) is 10.4 Å². The second-order valence-electron chi connectivity index (χ2n) is 5.35. The van der Waals surface area contributed by atoms with E-state index in [9.17, 15) is 18.0 Å². The van der Waals surface area contributed by atoms with Crippen molar-refractivity contribution in [1.29, 1.82) is 0 Å². The Balaban J connectivity index is 0.00000220. The number of rotatable bonds is 3. The van der Waals surface area contributed by atoms with Gasteiger partial charge >= 0.3 is 12.3 Å². The maximum absolute atomic E-state index is 12.2. The third kappa shape index (κ3) is 3.63. The summed E-state index contributed by atoms with van der Waals surface area (Å²) in [6, 6.07) is 4.15. The van der Waals surface area contributed by atoms with E-state index < -0.39 is 23.7 Å². The molecule has 8 heteroatoms. The Labute approximate surface area is 134 Å². The zero-order valence-corrected chi connectivity index (χ0v) is 13.4. The Morgan fingerprint density at radius 2 is 1.95 bits per heavy atom. The fourth-order valence-electron chi connectivity index (χ4n) is 2.64. The predicted molar refractivity (Wildman–Crippen MR) is 68.5 cm³/mol. The van der Waals surface area contributed by atoms with Gasteiger partial charge in [0, 0.05) is 5.92 Å². The molecule has 1 aliphatic carbocycles. The number of aliphatic carboxylic acids is 1. The lowest BCUT2D eigenvalue weighted by Gasteiger charge is -2.12. The molecule has 1 aliphatic rings. The van der Waals surface area contributed by atoms with Crippen molar-refractivity contribution >= 4 is 21.9 Å². The van der Waals surface area contributed by atoms with Crippen LogP contribution in [0.5, 0.6) is 5.75 Å². The van der Waals surface area contributed by atoms with Crippen molar-refractivity contribution in [3.63, 3.8) is 0 Å². The van der Waals surface area contributed by atoms with Crippen LogP contribution in [0.1, 0.15) is 25.3 Å². The Bertz CT molecular complexity index is 560. The van der Waals surface area contributed by atoms with Crippen molar-refractivity contribution in [3.8, 4) is 5.75 Å². The molecule has 0 spiro atoms. The van der Waals surface area contributed by atoms with Crippen molar-refractivity contribution in [2.75, 3.05) is 0 Å². The fourth-order valence-corrected chi connectivity index (χ4v) is 3.12. The van der Waals surface area contributed by atoms with Crippen LogP contribution in [0.2, 0.25) is 0 Å². The second kappa shape index (κ2) is 5.68. The number of benzene rings is 1. The predicted octanol–water partition coefficient (Wildman–Crippen LogP) is 1.18. The molecular weight excluding hydrogens is 376 g/mol. The van der Waals surface area contributed by atoms with Crippen molar-refractivity contribution in [3.05, 3.63) is 28.2 Å². The van der Waals surface area contributed by atoms with Gasteiger partial charge in [-0.05, 0) is 39.0 Å². The van der Waals surface area contributed by atoms with Gasteiger partial charge in [-0.15, -0.1) is 13.2 Å². The van der Waals surface area contributed by atoms with Crippen LogP contribution in [-0.4, -0.2) is 17.4 Å². The van der Waals surface area contributed by atoms with Gasteiger partial charge in [0.15, 0.2) is 0 Å². The first-order valence-corrected chi connectivity index (χ1v) is 6.61. The molecule has 0 aliphatic heterocycles. The first-order valence-electron chi connectivity index (χ1n) is 5.82. The quantitative estimate of drug-likeness (QED) is 0.846. The van der Waals surface area contributed by atoms with Gasteiger partial charge < -0.3 is 22.3 Å². The molecule has 0 radical (unpaired) electrons. The summed E-state index contributed by atoms with van der Waals surface area (Å²) >= 11 is 3.02. The second-order valence-corrected chi connectivity index (χ2v) is 6.21. The van der Waals surface area contributed by atoms with E-state index in [2.05, 4.69) is 20.7 Å². The molecule has 21 heavy (non-hydrogen) atoms. The first-order chi connectivity index (χ1) is 9.04. The summed E-state index contributed by atoms with van der Waals surface area (Å²) in [5.41, 5.74) is 0.279. The molecule has 1 aromatic carbocycles. The van der Waals surface area contributed by atoms with Crippen LogP contribution in [0.15, 0.2) is 22.7 Å². The SMILES string of the molecule is CC1(C)C(C(=O)O)C1c1ccc(OC(F)(F)F)c(Br)c1.[Cl-]. The molecule has 1 aromatic rings. The van der Waals surface area contributed by atoms with Crippen molar-refractivity contribution in [2.45, 2.75) is 26.1 Å². The average Bonchev–Trinajstić information content (AvgIpc) is 2.83. The number of carbonyl (C=O) groups is 1. The topological polar surface area (TPSA) is 46.5 Å². The number of halogens is 5. The fraction of sp³-hybridized carbons (Fsp3) is 0.462. The third-order valence-corrected chi connectivity index (χ3v) is 4.25. The molecule has 0 saturated heterocycles. The minimum Gasteiger partial charge on any atom is -1.00 e. The maximum Gasteiger partial charge on any atom is 0.573 e. The summed E-state index contributed by atoms with van der Waals surface area (Å²) < 4.78 is 40.5. The molecule has 1 saturated carbocycles. The normalized spacial score (nSPS) is 23.1. The minimum absolute atomic E-state index is 0. The standard InChI is InChI=1S/C13H12BrF3O3.ClH/c1-12(2)9(10(12)11(18)19)6-3-4-8(7(14)5-6)20-13(15,16)17;/h3-5,9-10H,1-2H3,(H,18,19);1H/p-1. The van der Waals surface area contributed by atoms with E-state index in [4.69, 9.17) is 5.11 Å². The molecule has 1 fully saturated rings. The third-order valence-electron chi connectivity index (χ3n) is 3.63. The summed E-state index contributed by atoms with van der Waals surface area (Å²) in [5.74, 6) is -1.97. The number of ether oxygens (including phenoxy) is 1. The van der Waals surface area contributed by atoms with Crippen LogP contribution in [-0.2, 0) is 4.79 Å². The summed E-state index contributed by atoms with van der Waals surface area (Å²) in [6.45, 7) is 3.65. The van der Waals surface area contributed by atoms with Crippen LogP contribution >= 0.6 is 15.9 Å². The highest BCUT2D eigenvalue weighted by Crippen LogP contribution is 2.64. The Kier molecular flexibility index (Phi) is 4.90. The molecule has 0 heterocycles. The Hall–Kier alpha value is -0.950. The monoisotopic (exact) mass is 387 g/mol. The van der Waals surface area contributed by atoms with Crippen molar-refractivity contribution in [1.82, 2.24) is 0 Å². The van der Waals surface area contributed by atoms with E-state index in [1.165, 1.54) is 18.2 Å². The van der Waals surface area contributed by atoms with Gasteiger partial charge in [-0.3, -0.25) is 4.79 Å². The highest BCUT2D eigenvalue weighted by Gasteiger charge is 2.62. The van der Waals surface area contributed by atoms with Crippen molar-refractivity contribution < 1.29 is 40.2 Å². The zero-order valence-electron chi connectivity index (χ0n) is 11.0. The molecule has 1 N–H and O–H groups in total. The van der Waals surface area contributed by atoms with Gasteiger partial charge in [0.25, 0.3) is 0 Å². The number of hydrogen-bond acceptors (Lipinski definition) is 2. The molecule has 0 aromatic heterocycles. The molecule has 0 amide bonds. The van der Waals surface area contributed by atoms with E-state index in [-0.39, 0.29) is 28.5 Å². The highest BCUT2D eigenvalue weighted by molar-refractivity contribution is 9.10. The summed E-state index contributed by atoms with van der Waals surface area (Å²) in [7, 11) is 0. The van der Waals surface area contributed by atoms with Gasteiger partial charge in [-0.2, -0.15) is 0 Å². The maximum atomic E-state index is 12.2. The molecular formula is C13H12BrClF3O3-. The average molecular weight is 389 g/mol. The summed E-state index contributed by atoms with van der Waals surface area (Å²) in [6.07, 6.45) is -4.76. The van der Waals surface area contributed by atoms with E-state index in [1.807, 2.05) is 13.8 Å². The Morgan fingerprint density at radius 1 is 1.38 bits per heavy atom. The number of carboxylic acid groups (broad SMARTS) is 1. The van der Waals surface area contributed by atoms with Crippen LogP contribution in [0.25, 0.3) is 0 Å². The van der Waals surface area contributed by atoms with Gasteiger partial charge in [0.2, 0.25) is 0 Å². The number of carboxylic acids is 1. The van der Waals surface area contributed by atoms with Crippen LogP contribution < -0.4 is 17.1 Å². The van der Waals surface area contributed by atoms with E-state index in [0.717, 1.165) is 0 Å². The summed E-state index contributed by atoms with van der Waals surface area (Å²) in [4.78, 5) is 11.1. The lowest BCUT2D eigenvalue weighted by atomic mass is 10.0. The van der Waals surface area contributed by atoms with Gasteiger partial charge in [-0.25, -0.2) is 0 Å². The van der Waals surface area contributed by atoms with Crippen molar-refractivity contribution in [2.24, 2.45) is 11.3 Å². The summed E-state index contributed by atoms with van der Waals surface area (Å²) in [5, 5.41) is 9.11. The lowest BCUT2D eigenvalue weighted by molar-refractivity contribution is -0.274. The molecule has 2 unspecified atom stereocenters. The molecule has 118 valence electrons. The molecule has 0 bridgehead atoms. The van der Waals surface area contributed by atoms with E-state index in [0.29, 0.717) is 5.56 Å². The number of hydrogen-bond donors (Lipinski definition) is 1. The highest BCUT2D eigenvalue weighted by atomic mass is 79.9. The molecule has 2 rings (SSSR count). The van der Waals surface area contributed by atoms with Crippen LogP contribution in [0.4, 0.5) is 13.2 Å². The van der Waals surface area contributed by atoms with Crippen LogP contribution in [0, 0.1) is 11.3 Å². The largest absolute Gasteiger partial charge is 1.00 e. The first kappa shape index (κ1) is 18.1. The van der Waals surface area contributed by atoms with Crippen LogP contribution in [0.3, 0.4) is 0 Å². The Morgan fingerprint density at radius 3 is 2.33 bits per heavy atom. The van der Waals surface area contributed by atoms with Gasteiger partial charge in [0.1, 0.15) is 5.75 Å². The van der Waals surface area contributed by atoms with E-state index >= 15 is 0 Å². The lowest BCUT2D eigenvalue weighted by Crippen LogP contribution is -3.00. The minimum atomic E-state index is -4.76. The molecule has 2 atom stereocenters. The van der Waals surface area contributed by atoms with Gasteiger partial charge in [-0.1, -0.05) is 19.9 Å². The zero-order chi connectivity index (χ0) is 15.3.